The second kappa shape index (κ2) is 8.74. The molecule has 0 unspecified atom stereocenters. The average Bonchev–Trinajstić information content (AvgIpc) is 3.21. The monoisotopic (exact) mass is 474 g/mol. The third-order valence-electron chi connectivity index (χ3n) is 5.16. The number of halogens is 4. The van der Waals surface area contributed by atoms with Gasteiger partial charge in [0.15, 0.2) is 0 Å². The number of hydrogen-bond donors (Lipinski definition) is 1. The summed E-state index contributed by atoms with van der Waals surface area (Å²) < 4.78 is 41.3. The molecule has 0 aliphatic rings. The average molecular weight is 475 g/mol. The Labute approximate surface area is 191 Å². The van der Waals surface area contributed by atoms with Crippen LogP contribution in [0, 0.1) is 0 Å². The van der Waals surface area contributed by atoms with E-state index in [0.29, 0.717) is 27.5 Å². The van der Waals surface area contributed by atoms with Gasteiger partial charge in [0.25, 0.3) is 5.56 Å². The maximum atomic E-state index is 12.9. The van der Waals surface area contributed by atoms with E-state index in [0.717, 1.165) is 0 Å². The number of nitrogens with zero attached hydrogens (tertiary/aromatic N) is 3. The number of aryl methyl sites for hydroxylation is 1. The molecular weight excluding hydrogens is 457 g/mol. The molecule has 0 saturated heterocycles. The highest BCUT2D eigenvalue weighted by Gasteiger charge is 2.26. The number of aromatic nitrogens is 3. The van der Waals surface area contributed by atoms with Gasteiger partial charge < -0.3 is 10.3 Å². The van der Waals surface area contributed by atoms with Gasteiger partial charge in [0.05, 0.1) is 11.4 Å². The summed E-state index contributed by atoms with van der Waals surface area (Å²) in [5.74, 6) is -0.399. The number of alkyl halides is 3. The Morgan fingerprint density at radius 3 is 2.27 bits per heavy atom. The maximum Gasteiger partial charge on any atom is 0.389 e. The van der Waals surface area contributed by atoms with E-state index in [9.17, 15) is 22.8 Å². The summed E-state index contributed by atoms with van der Waals surface area (Å²) in [5.41, 5.74) is 7.29. The Morgan fingerprint density at radius 1 is 1.03 bits per heavy atom. The Morgan fingerprint density at radius 2 is 1.67 bits per heavy atom. The zero-order valence-corrected chi connectivity index (χ0v) is 17.9. The van der Waals surface area contributed by atoms with E-state index in [2.05, 4.69) is 4.98 Å². The van der Waals surface area contributed by atoms with Crippen molar-refractivity contribution in [2.75, 3.05) is 0 Å². The fraction of sp³-hybridized carbons (Fsp3) is 0.174. The Kier molecular flexibility index (Phi) is 5.99. The van der Waals surface area contributed by atoms with Gasteiger partial charge in [-0.1, -0.05) is 35.9 Å². The summed E-state index contributed by atoms with van der Waals surface area (Å²) in [7, 11) is 0. The van der Waals surface area contributed by atoms with Crippen molar-refractivity contribution >= 4 is 23.3 Å². The molecule has 10 heteroatoms. The minimum absolute atomic E-state index is 0.0206. The van der Waals surface area contributed by atoms with Crippen molar-refractivity contribution in [3.05, 3.63) is 81.7 Å². The van der Waals surface area contributed by atoms with Crippen LogP contribution in [0.4, 0.5) is 13.2 Å². The lowest BCUT2D eigenvalue weighted by molar-refractivity contribution is -0.135. The zero-order chi connectivity index (χ0) is 23.8. The quantitative estimate of drug-likeness (QED) is 0.430. The van der Waals surface area contributed by atoms with E-state index in [1.54, 1.807) is 47.2 Å². The number of primary amides is 1. The highest BCUT2D eigenvalue weighted by molar-refractivity contribution is 6.30. The van der Waals surface area contributed by atoms with Crippen LogP contribution >= 0.6 is 11.6 Å². The molecular formula is C23H18ClF3N4O2. The summed E-state index contributed by atoms with van der Waals surface area (Å²) in [4.78, 5) is 28.8. The summed E-state index contributed by atoms with van der Waals surface area (Å²) in [6.45, 7) is -0.0206. The molecule has 0 saturated carbocycles. The van der Waals surface area contributed by atoms with Crippen molar-refractivity contribution < 1.29 is 18.0 Å². The first-order chi connectivity index (χ1) is 15.6. The molecule has 33 heavy (non-hydrogen) atoms. The lowest BCUT2D eigenvalue weighted by atomic mass is 10.1. The molecule has 0 aliphatic heterocycles. The van der Waals surface area contributed by atoms with Gasteiger partial charge in [-0.3, -0.25) is 14.0 Å². The van der Waals surface area contributed by atoms with Gasteiger partial charge in [-0.2, -0.15) is 13.2 Å². The van der Waals surface area contributed by atoms with Crippen LogP contribution in [-0.2, 0) is 6.54 Å². The number of fused-ring (bicyclic) bond motifs is 1. The fourth-order valence-corrected chi connectivity index (χ4v) is 3.68. The largest absolute Gasteiger partial charge is 0.389 e. The predicted octanol–water partition coefficient (Wildman–Crippen LogP) is 4.92. The topological polar surface area (TPSA) is 82.4 Å². The molecule has 170 valence electrons. The first-order valence-corrected chi connectivity index (χ1v) is 10.4. The van der Waals surface area contributed by atoms with Gasteiger partial charge in [-0.25, -0.2) is 4.98 Å². The third kappa shape index (κ3) is 4.93. The minimum atomic E-state index is -4.30. The first kappa shape index (κ1) is 22.6. The highest BCUT2D eigenvalue weighted by atomic mass is 35.5. The Bertz CT molecular complexity index is 1370. The molecule has 0 atom stereocenters. The molecule has 0 radical (unpaired) electrons. The molecule has 2 aromatic heterocycles. The molecule has 2 heterocycles. The zero-order valence-electron chi connectivity index (χ0n) is 17.1. The first-order valence-electron chi connectivity index (χ1n) is 9.98. The number of carbonyl (C=O) groups excluding carboxylic acids is 1. The van der Waals surface area contributed by atoms with Gasteiger partial charge in [0.1, 0.15) is 0 Å². The molecule has 4 rings (SSSR count). The van der Waals surface area contributed by atoms with Crippen molar-refractivity contribution in [1.82, 2.24) is 14.0 Å². The van der Waals surface area contributed by atoms with Crippen LogP contribution in [0.2, 0.25) is 5.02 Å². The number of benzene rings is 2. The molecule has 0 aliphatic carbocycles. The molecule has 0 fully saturated rings. The second-order valence-electron chi connectivity index (χ2n) is 7.48. The van der Waals surface area contributed by atoms with Crippen molar-refractivity contribution in [2.24, 2.45) is 5.73 Å². The maximum absolute atomic E-state index is 12.9. The summed E-state index contributed by atoms with van der Waals surface area (Å²) in [6.07, 6.45) is -3.93. The van der Waals surface area contributed by atoms with Crippen LogP contribution in [0.1, 0.15) is 23.2 Å². The van der Waals surface area contributed by atoms with Crippen LogP contribution in [0.5, 0.6) is 0 Å². The van der Waals surface area contributed by atoms with Crippen molar-refractivity contribution in [3.63, 3.8) is 0 Å². The van der Waals surface area contributed by atoms with E-state index in [-0.39, 0.29) is 24.3 Å². The molecule has 6 nitrogen and oxygen atoms in total. The van der Waals surface area contributed by atoms with Gasteiger partial charge in [0, 0.05) is 41.4 Å². The van der Waals surface area contributed by atoms with Crippen LogP contribution < -0.4 is 11.3 Å². The minimum Gasteiger partial charge on any atom is -0.366 e. The van der Waals surface area contributed by atoms with E-state index < -0.39 is 24.1 Å². The van der Waals surface area contributed by atoms with Gasteiger partial charge in [0.2, 0.25) is 11.7 Å². The van der Waals surface area contributed by atoms with Crippen molar-refractivity contribution in [1.29, 1.82) is 0 Å². The molecule has 0 bridgehead atoms. The number of nitrogens with two attached hydrogens (primary N) is 1. The third-order valence-corrected chi connectivity index (χ3v) is 5.42. The van der Waals surface area contributed by atoms with E-state index in [4.69, 9.17) is 17.3 Å². The van der Waals surface area contributed by atoms with Crippen LogP contribution in [0.15, 0.2) is 65.6 Å². The van der Waals surface area contributed by atoms with Gasteiger partial charge in [-0.05, 0) is 36.2 Å². The summed E-state index contributed by atoms with van der Waals surface area (Å²) in [5, 5.41) is 0.538. The van der Waals surface area contributed by atoms with Crippen LogP contribution in [0.3, 0.4) is 0 Å². The van der Waals surface area contributed by atoms with Crippen LogP contribution in [0.25, 0.3) is 28.3 Å². The molecule has 2 aromatic carbocycles. The summed E-state index contributed by atoms with van der Waals surface area (Å²) in [6, 6.07) is 14.4. The smallest absolute Gasteiger partial charge is 0.366 e. The summed E-state index contributed by atoms with van der Waals surface area (Å²) >= 11 is 5.94. The molecule has 2 N–H and O–H groups in total. The van der Waals surface area contributed by atoms with E-state index in [1.165, 1.54) is 22.6 Å². The van der Waals surface area contributed by atoms with Crippen LogP contribution in [-0.4, -0.2) is 26.0 Å². The van der Waals surface area contributed by atoms with Gasteiger partial charge >= 0.3 is 6.18 Å². The predicted molar refractivity (Wildman–Crippen MR) is 119 cm³/mol. The Balaban J connectivity index is 1.86. The van der Waals surface area contributed by atoms with Gasteiger partial charge in [-0.15, -0.1) is 0 Å². The molecule has 1 amide bonds. The normalized spacial score (nSPS) is 11.8. The number of imidazole rings is 1. The second-order valence-corrected chi connectivity index (χ2v) is 7.92. The Hall–Kier alpha value is -3.59. The number of hydrogen-bond acceptors (Lipinski definition) is 3. The lowest BCUT2D eigenvalue weighted by Crippen LogP contribution is -2.19. The number of carbonyl (C=O) groups is 1. The number of amides is 1. The lowest BCUT2D eigenvalue weighted by Gasteiger charge is -2.16. The number of rotatable bonds is 6. The van der Waals surface area contributed by atoms with Crippen molar-refractivity contribution in [3.8, 4) is 22.5 Å². The SMILES string of the molecule is NC(=O)c1ccc(-c2cc(=O)n3cc(-c4ccc(Cl)cc4)nc3n2CCCC(F)(F)F)cc1. The standard InChI is InChI=1S/C23H18ClF3N4O2/c24-17-8-6-14(7-9-17)18-13-31-20(32)12-19(15-2-4-16(5-3-15)21(28)33)30(22(31)29-18)11-1-10-23(25,26)27/h2-9,12-13H,1,10-11H2,(H2,28,33). The van der Waals surface area contributed by atoms with Crippen molar-refractivity contribution in [2.45, 2.75) is 25.6 Å². The molecule has 4 aromatic rings. The van der Waals surface area contributed by atoms with E-state index >= 15 is 0 Å². The molecule has 0 spiro atoms. The highest BCUT2D eigenvalue weighted by Crippen LogP contribution is 2.27. The fourth-order valence-electron chi connectivity index (χ4n) is 3.56. The van der Waals surface area contributed by atoms with E-state index in [1.807, 2.05) is 0 Å².